The molecule has 14 heteroatoms. The van der Waals surface area contributed by atoms with Crippen LogP contribution in [0.3, 0.4) is 0 Å². The standard InChI is InChI=1S/C23H31N3O2.C16H24BrN3O2.C7H8BO2.CH4/c1-17-8-6-7-9-20(17)21-11-10-19(24-18(21)2)16-25-12-14-26(15-13-25)22(27)28-23(3,4)5;1-12-14(17)6-5-13(18-12)11-19-7-9-20(10-8-19)15(21)22-16(2,3)4;1-6-4-2-3-5-7(6)10-8-9;/h6-11H,12-16H2,1-5H3;5-6H,7-11H2,1-4H3;2-5,9H,1H3;1H4. The molecule has 1 radical (unpaired) electrons. The lowest BCUT2D eigenvalue weighted by Crippen LogP contribution is -2.49. The maximum Gasteiger partial charge on any atom is 0.569 e. The molecule has 2 aromatic carbocycles. The first-order valence-corrected chi connectivity index (χ1v) is 21.3. The Morgan fingerprint density at radius 3 is 1.49 bits per heavy atom. The number of amides is 2. The molecule has 0 saturated carbocycles. The van der Waals surface area contributed by atoms with Gasteiger partial charge < -0.3 is 29.0 Å². The fourth-order valence-electron chi connectivity index (χ4n) is 6.58. The highest BCUT2D eigenvalue weighted by molar-refractivity contribution is 9.10. The topological polar surface area (TPSA) is 121 Å². The lowest BCUT2D eigenvalue weighted by Gasteiger charge is -2.35. The molecule has 2 fully saturated rings. The third-order valence-electron chi connectivity index (χ3n) is 9.75. The first kappa shape index (κ1) is 50.9. The van der Waals surface area contributed by atoms with E-state index < -0.39 is 11.2 Å². The van der Waals surface area contributed by atoms with Crippen LogP contribution in [0.5, 0.6) is 5.75 Å². The van der Waals surface area contributed by atoms with E-state index in [0.717, 1.165) is 72.1 Å². The Labute approximate surface area is 374 Å². The Kier molecular flexibility index (Phi) is 19.7. The summed E-state index contributed by atoms with van der Waals surface area (Å²) in [5, 5.41) is 8.30. The number of ether oxygens (including phenoxy) is 2. The Balaban J connectivity index is 0.000000267. The van der Waals surface area contributed by atoms with E-state index in [1.54, 1.807) is 15.9 Å². The molecule has 61 heavy (non-hydrogen) atoms. The molecule has 6 rings (SSSR count). The van der Waals surface area contributed by atoms with Crippen LogP contribution in [0, 0.1) is 27.7 Å². The van der Waals surface area contributed by atoms with Crippen molar-refractivity contribution in [3.05, 3.63) is 111 Å². The number of rotatable bonds is 7. The molecule has 1 N–H and O–H groups in total. The Hall–Kier alpha value is -4.50. The van der Waals surface area contributed by atoms with E-state index >= 15 is 0 Å². The van der Waals surface area contributed by atoms with Crippen molar-refractivity contribution in [2.45, 2.75) is 101 Å². The number of carbonyl (C=O) groups is 2. The van der Waals surface area contributed by atoms with Crippen molar-refractivity contribution in [1.82, 2.24) is 29.6 Å². The summed E-state index contributed by atoms with van der Waals surface area (Å²) in [5.74, 6) is 0.685. The fraction of sp³-hybridized carbons (Fsp3) is 0.489. The second-order valence-corrected chi connectivity index (χ2v) is 18.0. The van der Waals surface area contributed by atoms with Crippen molar-refractivity contribution >= 4 is 35.8 Å². The minimum Gasteiger partial charge on any atom is -0.537 e. The predicted octanol–water partition coefficient (Wildman–Crippen LogP) is 9.16. The van der Waals surface area contributed by atoms with Gasteiger partial charge in [0.2, 0.25) is 0 Å². The van der Waals surface area contributed by atoms with Crippen LogP contribution in [0.15, 0.2) is 77.3 Å². The molecule has 2 aliphatic heterocycles. The maximum atomic E-state index is 12.2. The highest BCUT2D eigenvalue weighted by atomic mass is 79.9. The van der Waals surface area contributed by atoms with Gasteiger partial charge in [-0.3, -0.25) is 19.8 Å². The van der Waals surface area contributed by atoms with Crippen molar-refractivity contribution in [2.24, 2.45) is 0 Å². The molecular weight excluding hydrogens is 835 g/mol. The van der Waals surface area contributed by atoms with E-state index in [1.807, 2.05) is 85.7 Å². The van der Waals surface area contributed by atoms with Gasteiger partial charge in [-0.25, -0.2) is 9.59 Å². The third kappa shape index (κ3) is 17.1. The van der Waals surface area contributed by atoms with Crippen molar-refractivity contribution in [2.75, 3.05) is 52.4 Å². The van der Waals surface area contributed by atoms with E-state index in [0.29, 0.717) is 39.6 Å². The van der Waals surface area contributed by atoms with Crippen molar-refractivity contribution in [1.29, 1.82) is 0 Å². The number of hydrogen-bond donors (Lipinski definition) is 1. The lowest BCUT2D eigenvalue weighted by molar-refractivity contribution is 0.0128. The zero-order chi connectivity index (χ0) is 44.0. The largest absolute Gasteiger partial charge is 0.569 e. The van der Waals surface area contributed by atoms with Gasteiger partial charge in [0.1, 0.15) is 17.0 Å². The fourth-order valence-corrected chi connectivity index (χ4v) is 6.80. The van der Waals surface area contributed by atoms with E-state index in [2.05, 4.69) is 81.0 Å². The van der Waals surface area contributed by atoms with Crippen LogP contribution >= 0.6 is 15.9 Å². The molecular formula is C47H67BBrN6O6. The summed E-state index contributed by atoms with van der Waals surface area (Å²) in [5.41, 5.74) is 8.01. The summed E-state index contributed by atoms with van der Waals surface area (Å²) in [7, 11) is 0.683. The number of carbonyl (C=O) groups excluding carboxylic acids is 2. The van der Waals surface area contributed by atoms with Gasteiger partial charge in [-0.1, -0.05) is 56.0 Å². The summed E-state index contributed by atoms with van der Waals surface area (Å²) in [6.07, 6.45) is -0.437. The van der Waals surface area contributed by atoms with Gasteiger partial charge in [0.05, 0.1) is 17.1 Å². The number of aryl methyl sites for hydroxylation is 4. The molecule has 0 aliphatic carbocycles. The summed E-state index contributed by atoms with van der Waals surface area (Å²) >= 11 is 3.47. The summed E-state index contributed by atoms with van der Waals surface area (Å²) in [4.78, 5) is 41.9. The molecule has 4 aromatic rings. The average Bonchev–Trinajstić information content (AvgIpc) is 3.18. The van der Waals surface area contributed by atoms with Gasteiger partial charge in [-0.15, -0.1) is 0 Å². The van der Waals surface area contributed by atoms with Crippen LogP contribution in [0.25, 0.3) is 11.1 Å². The number of benzene rings is 2. The molecule has 2 aromatic heterocycles. The summed E-state index contributed by atoms with van der Waals surface area (Å²) in [6, 6.07) is 24.3. The number of halogens is 1. The summed E-state index contributed by atoms with van der Waals surface area (Å²) < 4.78 is 16.7. The summed E-state index contributed by atoms with van der Waals surface area (Å²) in [6.45, 7) is 27.2. The number of hydrogen-bond acceptors (Lipinski definition) is 10. The van der Waals surface area contributed by atoms with Gasteiger partial charge >= 0.3 is 19.9 Å². The first-order chi connectivity index (χ1) is 28.3. The van der Waals surface area contributed by atoms with Gasteiger partial charge in [0, 0.05) is 81.2 Å². The highest BCUT2D eigenvalue weighted by Gasteiger charge is 2.27. The second-order valence-electron chi connectivity index (χ2n) is 17.1. The van der Waals surface area contributed by atoms with Crippen LogP contribution in [-0.2, 0) is 22.6 Å². The van der Waals surface area contributed by atoms with E-state index in [1.165, 1.54) is 16.7 Å². The SMILES string of the molecule is C.Cc1ccccc1-c1ccc(CN2CCN(C(=O)OC(C)(C)C)CC2)nc1C.Cc1ccccc1O[B]O.Cc1nc(CN2CCN(C(=O)OC(C)(C)C)CC2)ccc1Br. The minimum atomic E-state index is -0.450. The maximum absolute atomic E-state index is 12.2. The molecule has 2 saturated heterocycles. The molecule has 12 nitrogen and oxygen atoms in total. The van der Waals surface area contributed by atoms with Crippen LogP contribution in [0.4, 0.5) is 9.59 Å². The van der Waals surface area contributed by atoms with E-state index in [9.17, 15) is 9.59 Å². The normalized spacial score (nSPS) is 14.6. The quantitative estimate of drug-likeness (QED) is 0.180. The van der Waals surface area contributed by atoms with Gasteiger partial charge in [-0.2, -0.15) is 0 Å². The number of para-hydroxylation sites is 1. The number of pyridine rings is 2. The van der Waals surface area contributed by atoms with Gasteiger partial charge in [0.15, 0.2) is 0 Å². The smallest absolute Gasteiger partial charge is 0.537 e. The Morgan fingerprint density at radius 1 is 0.623 bits per heavy atom. The Bertz CT molecular complexity index is 2010. The lowest BCUT2D eigenvalue weighted by atomic mass is 9.99. The van der Waals surface area contributed by atoms with E-state index in [-0.39, 0.29) is 19.6 Å². The van der Waals surface area contributed by atoms with Crippen molar-refractivity contribution in [3.63, 3.8) is 0 Å². The zero-order valence-corrected chi connectivity index (χ0v) is 38.7. The monoisotopic (exact) mass is 901 g/mol. The van der Waals surface area contributed by atoms with Crippen molar-refractivity contribution < 1.29 is 28.7 Å². The molecule has 2 aliphatic rings. The highest BCUT2D eigenvalue weighted by Crippen LogP contribution is 2.26. The predicted molar refractivity (Wildman–Crippen MR) is 248 cm³/mol. The molecule has 331 valence electrons. The molecule has 0 atom stereocenters. The number of aromatic nitrogens is 2. The second kappa shape index (κ2) is 23.6. The molecule has 0 bridgehead atoms. The zero-order valence-electron chi connectivity index (χ0n) is 37.1. The van der Waals surface area contributed by atoms with Crippen molar-refractivity contribution in [3.8, 4) is 16.9 Å². The van der Waals surface area contributed by atoms with Crippen LogP contribution in [-0.4, -0.2) is 118 Å². The molecule has 0 unspecified atom stereocenters. The van der Waals surface area contributed by atoms with Crippen LogP contribution in [0.1, 0.15) is 82.9 Å². The van der Waals surface area contributed by atoms with Gasteiger partial charge in [-0.05, 0) is 126 Å². The van der Waals surface area contributed by atoms with Gasteiger partial charge in [0.25, 0.3) is 0 Å². The first-order valence-electron chi connectivity index (χ1n) is 20.5. The minimum absolute atomic E-state index is 0. The van der Waals surface area contributed by atoms with Crippen LogP contribution < -0.4 is 4.65 Å². The average molecular weight is 903 g/mol. The molecule has 0 spiro atoms. The molecule has 4 heterocycles. The Morgan fingerprint density at radius 2 is 1.07 bits per heavy atom. The number of nitrogens with zero attached hydrogens (tertiary/aromatic N) is 6. The number of piperazine rings is 2. The molecule has 2 amide bonds. The van der Waals surface area contributed by atoms with E-state index in [4.69, 9.17) is 24.1 Å². The third-order valence-corrected chi connectivity index (χ3v) is 10.6. The van der Waals surface area contributed by atoms with Crippen LogP contribution in [0.2, 0.25) is 0 Å².